The Balaban J connectivity index is 2.13. The molecular weight excluding hydrogens is 492 g/mol. The van der Waals surface area contributed by atoms with E-state index < -0.39 is 32.6 Å². The average Bonchev–Trinajstić information content (AvgIpc) is 2.75. The molecule has 1 saturated heterocycles. The molecule has 35 heavy (non-hydrogen) atoms. The summed E-state index contributed by atoms with van der Waals surface area (Å²) in [5, 5.41) is 0. The molecule has 0 bridgehead atoms. The van der Waals surface area contributed by atoms with Gasteiger partial charge in [0.2, 0.25) is 0 Å². The summed E-state index contributed by atoms with van der Waals surface area (Å²) in [5.41, 5.74) is 1.14. The molecular formula is C24H40N2O7S2. The van der Waals surface area contributed by atoms with Crippen molar-refractivity contribution in [1.29, 1.82) is 0 Å². The molecule has 1 aromatic carbocycles. The smallest absolute Gasteiger partial charge is 0.410 e. The Labute approximate surface area is 212 Å². The summed E-state index contributed by atoms with van der Waals surface area (Å²) >= 11 is -2.11. The van der Waals surface area contributed by atoms with Gasteiger partial charge in [-0.15, -0.1) is 0 Å². The van der Waals surface area contributed by atoms with Gasteiger partial charge in [-0.2, -0.15) is 0 Å². The number of hydrogen-bond donors (Lipinski definition) is 1. The Bertz CT molecular complexity index is 977. The minimum Gasteiger partial charge on any atom is -0.444 e. The minimum absolute atomic E-state index is 0.00182. The van der Waals surface area contributed by atoms with Crippen molar-refractivity contribution >= 4 is 32.7 Å². The van der Waals surface area contributed by atoms with Crippen molar-refractivity contribution in [3.05, 3.63) is 23.8 Å². The molecule has 0 spiro atoms. The first-order chi connectivity index (χ1) is 16.3. The van der Waals surface area contributed by atoms with E-state index in [0.717, 1.165) is 17.7 Å². The summed E-state index contributed by atoms with van der Waals surface area (Å²) in [6.45, 7) is 10.1. The normalized spacial score (nSPS) is 17.8. The second-order valence-electron chi connectivity index (χ2n) is 9.97. The second-order valence-corrected chi connectivity index (χ2v) is 13.2. The van der Waals surface area contributed by atoms with Crippen LogP contribution in [0, 0.1) is 0 Å². The standard InChI is InChI=1S/C24H40N2O7S2/c1-6-20-18-32-13-12-26(20)21-15-19(16-22(17-21)34(28)29)9-7-10-25(11-8-14-35(5,30)31)23(27)33-24(2,3)4/h15-17,20H,6-14,18H2,1-5H3,(H,28,29)/t20-/m0/s1. The monoisotopic (exact) mass is 532 g/mol. The van der Waals surface area contributed by atoms with E-state index >= 15 is 0 Å². The highest BCUT2D eigenvalue weighted by Crippen LogP contribution is 2.26. The molecule has 0 saturated carbocycles. The van der Waals surface area contributed by atoms with E-state index in [2.05, 4.69) is 11.8 Å². The maximum absolute atomic E-state index is 12.7. The van der Waals surface area contributed by atoms with Gasteiger partial charge in [-0.25, -0.2) is 17.4 Å². The number of ether oxygens (including phenoxy) is 2. The van der Waals surface area contributed by atoms with E-state index in [4.69, 9.17) is 9.47 Å². The van der Waals surface area contributed by atoms with Crippen molar-refractivity contribution < 1.29 is 31.4 Å². The van der Waals surface area contributed by atoms with Crippen LogP contribution in [0.15, 0.2) is 23.1 Å². The summed E-state index contributed by atoms with van der Waals surface area (Å²) in [7, 11) is -3.12. The number of morpholine rings is 1. The number of carbonyl (C=O) groups is 1. The van der Waals surface area contributed by atoms with Gasteiger partial charge in [0.1, 0.15) is 15.4 Å². The van der Waals surface area contributed by atoms with Crippen LogP contribution < -0.4 is 4.90 Å². The molecule has 1 fully saturated rings. The molecule has 2 atom stereocenters. The molecule has 0 aliphatic carbocycles. The largest absolute Gasteiger partial charge is 0.444 e. The highest BCUT2D eigenvalue weighted by atomic mass is 32.2. The first kappa shape index (κ1) is 29.5. The Morgan fingerprint density at radius 1 is 1.26 bits per heavy atom. The molecule has 1 unspecified atom stereocenters. The number of amides is 1. The molecule has 1 aromatic rings. The summed E-state index contributed by atoms with van der Waals surface area (Å²) in [6.07, 6.45) is 3.12. The number of anilines is 1. The van der Waals surface area contributed by atoms with Gasteiger partial charge in [0.15, 0.2) is 11.1 Å². The van der Waals surface area contributed by atoms with Crippen molar-refractivity contribution in [2.45, 2.75) is 69.9 Å². The fourth-order valence-electron chi connectivity index (χ4n) is 4.00. The summed E-state index contributed by atoms with van der Waals surface area (Å²) in [6, 6.07) is 5.72. The Hall–Kier alpha value is -1.69. The Morgan fingerprint density at radius 3 is 2.54 bits per heavy atom. The van der Waals surface area contributed by atoms with Crippen LogP contribution in [0.3, 0.4) is 0 Å². The molecule has 1 N–H and O–H groups in total. The number of nitrogens with zero attached hydrogens (tertiary/aromatic N) is 2. The predicted octanol–water partition coefficient (Wildman–Crippen LogP) is 3.49. The molecule has 0 aromatic heterocycles. The van der Waals surface area contributed by atoms with Crippen LogP contribution in [0.4, 0.5) is 10.5 Å². The number of hydrogen-bond acceptors (Lipinski definition) is 7. The van der Waals surface area contributed by atoms with Crippen molar-refractivity contribution in [2.24, 2.45) is 0 Å². The van der Waals surface area contributed by atoms with Gasteiger partial charge in [-0.3, -0.25) is 0 Å². The molecule has 9 nitrogen and oxygen atoms in total. The van der Waals surface area contributed by atoms with Crippen LogP contribution >= 0.6 is 0 Å². The van der Waals surface area contributed by atoms with Crippen molar-refractivity contribution in [1.82, 2.24) is 4.90 Å². The topological polar surface area (TPSA) is 113 Å². The molecule has 0 radical (unpaired) electrons. The minimum atomic E-state index is -3.12. The van der Waals surface area contributed by atoms with Crippen LogP contribution in [0.5, 0.6) is 0 Å². The zero-order valence-electron chi connectivity index (χ0n) is 21.5. The SMILES string of the molecule is CC[C@H]1COCCN1c1cc(CCCN(CCCS(C)(=O)=O)C(=O)OC(C)(C)C)cc(S(=O)O)c1. The lowest BCUT2D eigenvalue weighted by atomic mass is 10.1. The quantitative estimate of drug-likeness (QED) is 0.431. The number of sulfone groups is 1. The zero-order valence-corrected chi connectivity index (χ0v) is 23.1. The third kappa shape index (κ3) is 10.4. The molecule has 1 heterocycles. The number of aryl methyl sites for hydroxylation is 1. The van der Waals surface area contributed by atoms with Crippen LogP contribution in [-0.4, -0.2) is 84.7 Å². The maximum atomic E-state index is 12.7. The molecule has 2 rings (SSSR count). The van der Waals surface area contributed by atoms with Crippen molar-refractivity contribution in [2.75, 3.05) is 49.8 Å². The number of benzene rings is 1. The lowest BCUT2D eigenvalue weighted by molar-refractivity contribution is 0.0248. The van der Waals surface area contributed by atoms with Crippen LogP contribution in [-0.2, 0) is 36.8 Å². The molecule has 1 aliphatic heterocycles. The highest BCUT2D eigenvalue weighted by molar-refractivity contribution is 7.90. The van der Waals surface area contributed by atoms with Gasteiger partial charge in [0, 0.05) is 31.6 Å². The first-order valence-corrected chi connectivity index (χ1v) is 15.2. The van der Waals surface area contributed by atoms with Crippen LogP contribution in [0.1, 0.15) is 52.5 Å². The van der Waals surface area contributed by atoms with E-state index in [0.29, 0.717) is 50.5 Å². The van der Waals surface area contributed by atoms with E-state index in [9.17, 15) is 22.0 Å². The van der Waals surface area contributed by atoms with Crippen LogP contribution in [0.25, 0.3) is 0 Å². The van der Waals surface area contributed by atoms with Crippen molar-refractivity contribution in [3.8, 4) is 0 Å². The van der Waals surface area contributed by atoms with Gasteiger partial charge in [0.05, 0.1) is 29.9 Å². The third-order valence-corrected chi connectivity index (χ3v) is 7.34. The lowest BCUT2D eigenvalue weighted by Gasteiger charge is -2.37. The average molecular weight is 533 g/mol. The fourth-order valence-corrected chi connectivity index (χ4v) is 5.13. The van der Waals surface area contributed by atoms with Crippen LogP contribution in [0.2, 0.25) is 0 Å². The van der Waals surface area contributed by atoms with Gasteiger partial charge in [-0.1, -0.05) is 6.92 Å². The van der Waals surface area contributed by atoms with E-state index in [1.165, 1.54) is 6.26 Å². The van der Waals surface area contributed by atoms with E-state index in [1.54, 1.807) is 37.8 Å². The summed E-state index contributed by atoms with van der Waals surface area (Å²) < 4.78 is 55.8. The highest BCUT2D eigenvalue weighted by Gasteiger charge is 2.24. The molecule has 200 valence electrons. The maximum Gasteiger partial charge on any atom is 0.410 e. The lowest BCUT2D eigenvalue weighted by Crippen LogP contribution is -2.45. The van der Waals surface area contributed by atoms with E-state index in [-0.39, 0.29) is 18.3 Å². The van der Waals surface area contributed by atoms with Crippen molar-refractivity contribution in [3.63, 3.8) is 0 Å². The van der Waals surface area contributed by atoms with Gasteiger partial charge in [-0.05, 0) is 70.2 Å². The zero-order chi connectivity index (χ0) is 26.2. The Morgan fingerprint density at radius 2 is 1.94 bits per heavy atom. The molecule has 11 heteroatoms. The van der Waals surface area contributed by atoms with Gasteiger partial charge < -0.3 is 23.8 Å². The molecule has 1 aliphatic rings. The third-order valence-electron chi connectivity index (χ3n) is 5.67. The van der Waals surface area contributed by atoms with Gasteiger partial charge in [0.25, 0.3) is 0 Å². The summed E-state index contributed by atoms with van der Waals surface area (Å²) in [4.78, 5) is 16.8. The molecule has 1 amide bonds. The Kier molecular flexibility index (Phi) is 11.0. The predicted molar refractivity (Wildman–Crippen MR) is 138 cm³/mol. The van der Waals surface area contributed by atoms with Gasteiger partial charge >= 0.3 is 6.09 Å². The fraction of sp³-hybridized carbons (Fsp3) is 0.708. The summed E-state index contributed by atoms with van der Waals surface area (Å²) in [5.74, 6) is -0.00182. The number of carbonyl (C=O) groups excluding carboxylic acids is 1. The van der Waals surface area contributed by atoms with E-state index in [1.807, 2.05) is 6.07 Å². The second kappa shape index (κ2) is 13.0. The first-order valence-electron chi connectivity index (χ1n) is 12.0. The number of rotatable bonds is 11.